The minimum Gasteiger partial charge on any atom is -0.323 e. The summed E-state index contributed by atoms with van der Waals surface area (Å²) in [5.41, 5.74) is 6.01. The van der Waals surface area contributed by atoms with Crippen LogP contribution in [0.25, 0.3) is 0 Å². The average Bonchev–Trinajstić information content (AvgIpc) is 2.52. The van der Waals surface area contributed by atoms with E-state index in [1.807, 2.05) is 11.4 Å². The molecule has 0 aliphatic rings. The molecular formula is C10H16ClNS. The Bertz CT molecular complexity index is 247. The Morgan fingerprint density at radius 2 is 2.31 bits per heavy atom. The van der Waals surface area contributed by atoms with E-state index in [0.29, 0.717) is 0 Å². The number of rotatable bonds is 5. The normalized spacial score (nSPS) is 13.2. The fraction of sp³-hybridized carbons (Fsp3) is 0.600. The molecule has 74 valence electrons. The van der Waals surface area contributed by atoms with Crippen LogP contribution in [0, 0.1) is 0 Å². The first-order chi connectivity index (χ1) is 6.25. The third kappa shape index (κ3) is 3.29. The zero-order valence-corrected chi connectivity index (χ0v) is 9.50. The average molecular weight is 218 g/mol. The Balaban J connectivity index is 2.39. The highest BCUT2D eigenvalue weighted by Crippen LogP contribution is 2.29. The van der Waals surface area contributed by atoms with Gasteiger partial charge in [0.1, 0.15) is 0 Å². The number of unbranched alkanes of at least 4 members (excludes halogenated alkanes) is 2. The van der Waals surface area contributed by atoms with Crippen LogP contribution in [0.3, 0.4) is 0 Å². The lowest BCUT2D eigenvalue weighted by Crippen LogP contribution is -2.08. The van der Waals surface area contributed by atoms with Crippen molar-refractivity contribution in [3.63, 3.8) is 0 Å². The van der Waals surface area contributed by atoms with Gasteiger partial charge in [-0.25, -0.2) is 0 Å². The molecule has 0 aromatic carbocycles. The molecule has 0 fully saturated rings. The molecule has 13 heavy (non-hydrogen) atoms. The van der Waals surface area contributed by atoms with Crippen LogP contribution in [-0.4, -0.2) is 0 Å². The molecule has 0 unspecified atom stereocenters. The lowest BCUT2D eigenvalue weighted by molar-refractivity contribution is 0.587. The molecule has 0 spiro atoms. The third-order valence-electron chi connectivity index (χ3n) is 2.10. The van der Waals surface area contributed by atoms with Crippen LogP contribution in [0.4, 0.5) is 0 Å². The summed E-state index contributed by atoms with van der Waals surface area (Å²) in [6.45, 7) is 2.20. The fourth-order valence-corrected chi connectivity index (χ4v) is 2.55. The molecule has 1 heterocycles. The van der Waals surface area contributed by atoms with Gasteiger partial charge in [0, 0.05) is 10.9 Å². The van der Waals surface area contributed by atoms with Gasteiger partial charge < -0.3 is 5.73 Å². The van der Waals surface area contributed by atoms with Crippen molar-refractivity contribution in [2.45, 2.75) is 38.6 Å². The van der Waals surface area contributed by atoms with Gasteiger partial charge in [-0.05, 0) is 17.9 Å². The van der Waals surface area contributed by atoms with Gasteiger partial charge in [-0.15, -0.1) is 11.3 Å². The van der Waals surface area contributed by atoms with Gasteiger partial charge in [0.2, 0.25) is 0 Å². The van der Waals surface area contributed by atoms with Crippen molar-refractivity contribution >= 4 is 22.9 Å². The summed E-state index contributed by atoms with van der Waals surface area (Å²) in [6.07, 6.45) is 4.75. The van der Waals surface area contributed by atoms with Crippen molar-refractivity contribution in [3.8, 4) is 0 Å². The summed E-state index contributed by atoms with van der Waals surface area (Å²) in [7, 11) is 0. The molecule has 1 aromatic heterocycles. The zero-order valence-electron chi connectivity index (χ0n) is 7.92. The van der Waals surface area contributed by atoms with Gasteiger partial charge in [0.25, 0.3) is 0 Å². The van der Waals surface area contributed by atoms with Crippen molar-refractivity contribution in [1.29, 1.82) is 0 Å². The summed E-state index contributed by atoms with van der Waals surface area (Å²) in [4.78, 5) is 1.14. The van der Waals surface area contributed by atoms with Crippen molar-refractivity contribution in [2.75, 3.05) is 0 Å². The van der Waals surface area contributed by atoms with Crippen LogP contribution >= 0.6 is 22.9 Å². The molecule has 1 rings (SSSR count). The Morgan fingerprint density at radius 3 is 2.85 bits per heavy atom. The molecule has 0 saturated heterocycles. The van der Waals surface area contributed by atoms with Gasteiger partial charge in [-0.1, -0.05) is 37.8 Å². The van der Waals surface area contributed by atoms with Gasteiger partial charge in [-0.2, -0.15) is 0 Å². The molecule has 1 aromatic rings. The van der Waals surface area contributed by atoms with Crippen LogP contribution < -0.4 is 5.73 Å². The SMILES string of the molecule is CCCCC[C@H](N)c1sccc1Cl. The Morgan fingerprint density at radius 1 is 1.54 bits per heavy atom. The van der Waals surface area contributed by atoms with Crippen LogP contribution in [0.2, 0.25) is 5.02 Å². The van der Waals surface area contributed by atoms with Crippen LogP contribution in [0.15, 0.2) is 11.4 Å². The largest absolute Gasteiger partial charge is 0.323 e. The molecule has 0 aliphatic heterocycles. The Labute approximate surface area is 88.9 Å². The van der Waals surface area contributed by atoms with E-state index in [2.05, 4.69) is 6.92 Å². The van der Waals surface area contributed by atoms with E-state index >= 15 is 0 Å². The first-order valence-corrected chi connectivity index (χ1v) is 6.00. The quantitative estimate of drug-likeness (QED) is 0.742. The van der Waals surface area contributed by atoms with E-state index in [1.54, 1.807) is 11.3 Å². The minimum absolute atomic E-state index is 0.138. The summed E-state index contributed by atoms with van der Waals surface area (Å²) in [5, 5.41) is 2.83. The molecule has 3 heteroatoms. The smallest absolute Gasteiger partial charge is 0.0561 e. The zero-order chi connectivity index (χ0) is 9.68. The number of hydrogen-bond acceptors (Lipinski definition) is 2. The van der Waals surface area contributed by atoms with Gasteiger partial charge in [-0.3, -0.25) is 0 Å². The van der Waals surface area contributed by atoms with Crippen molar-refractivity contribution < 1.29 is 0 Å². The van der Waals surface area contributed by atoms with Crippen LogP contribution in [-0.2, 0) is 0 Å². The summed E-state index contributed by atoms with van der Waals surface area (Å²) in [5.74, 6) is 0. The molecule has 0 radical (unpaired) electrons. The number of thiophene rings is 1. The van der Waals surface area contributed by atoms with Crippen molar-refractivity contribution in [2.24, 2.45) is 5.73 Å². The third-order valence-corrected chi connectivity index (χ3v) is 3.59. The van der Waals surface area contributed by atoms with Gasteiger partial charge in [0.05, 0.1) is 5.02 Å². The molecule has 0 amide bonds. The molecular weight excluding hydrogens is 202 g/mol. The topological polar surface area (TPSA) is 26.0 Å². The van der Waals surface area contributed by atoms with E-state index in [4.69, 9.17) is 17.3 Å². The van der Waals surface area contributed by atoms with Crippen molar-refractivity contribution in [3.05, 3.63) is 21.3 Å². The molecule has 2 N–H and O–H groups in total. The van der Waals surface area contributed by atoms with E-state index < -0.39 is 0 Å². The molecule has 1 atom stereocenters. The van der Waals surface area contributed by atoms with Crippen molar-refractivity contribution in [1.82, 2.24) is 0 Å². The van der Waals surface area contributed by atoms with Gasteiger partial charge >= 0.3 is 0 Å². The first kappa shape index (κ1) is 11.0. The lowest BCUT2D eigenvalue weighted by atomic mass is 10.1. The van der Waals surface area contributed by atoms with E-state index in [0.717, 1.165) is 16.3 Å². The number of halogens is 1. The molecule has 0 saturated carbocycles. The molecule has 1 nitrogen and oxygen atoms in total. The predicted octanol–water partition coefficient (Wildman–Crippen LogP) is 3.98. The maximum Gasteiger partial charge on any atom is 0.0561 e. The minimum atomic E-state index is 0.138. The Hall–Kier alpha value is -0.0500. The van der Waals surface area contributed by atoms with Crippen LogP contribution in [0.1, 0.15) is 43.5 Å². The maximum atomic E-state index is 6.01. The highest BCUT2D eigenvalue weighted by molar-refractivity contribution is 7.10. The monoisotopic (exact) mass is 217 g/mol. The summed E-state index contributed by atoms with van der Waals surface area (Å²) < 4.78 is 0. The highest BCUT2D eigenvalue weighted by atomic mass is 35.5. The van der Waals surface area contributed by atoms with E-state index in [-0.39, 0.29) is 6.04 Å². The Kier molecular flexibility index (Phi) is 4.78. The fourth-order valence-electron chi connectivity index (χ4n) is 1.32. The van der Waals surface area contributed by atoms with Gasteiger partial charge in [0.15, 0.2) is 0 Å². The number of hydrogen-bond donors (Lipinski definition) is 1. The second-order valence-electron chi connectivity index (χ2n) is 3.24. The lowest BCUT2D eigenvalue weighted by Gasteiger charge is -2.09. The summed E-state index contributed by atoms with van der Waals surface area (Å²) in [6, 6.07) is 2.06. The van der Waals surface area contributed by atoms with Crippen LogP contribution in [0.5, 0.6) is 0 Å². The molecule has 0 aliphatic carbocycles. The van der Waals surface area contributed by atoms with E-state index in [9.17, 15) is 0 Å². The standard InChI is InChI=1S/C10H16ClNS/c1-2-3-4-5-9(12)10-8(11)6-7-13-10/h6-7,9H,2-5,12H2,1H3/t9-/m0/s1. The molecule has 0 bridgehead atoms. The second-order valence-corrected chi connectivity index (χ2v) is 4.59. The predicted molar refractivity (Wildman–Crippen MR) is 60.4 cm³/mol. The first-order valence-electron chi connectivity index (χ1n) is 4.74. The maximum absolute atomic E-state index is 6.01. The van der Waals surface area contributed by atoms with E-state index in [1.165, 1.54) is 19.3 Å². The number of nitrogens with two attached hydrogens (primary N) is 1. The second kappa shape index (κ2) is 5.63. The highest BCUT2D eigenvalue weighted by Gasteiger charge is 2.10. The summed E-state index contributed by atoms with van der Waals surface area (Å²) >= 11 is 7.64.